The molecule has 130 valence electrons. The molecule has 0 saturated heterocycles. The summed E-state index contributed by atoms with van der Waals surface area (Å²) < 4.78 is 42.5. The van der Waals surface area contributed by atoms with Crippen molar-refractivity contribution in [2.24, 2.45) is 7.05 Å². The van der Waals surface area contributed by atoms with Gasteiger partial charge in [0, 0.05) is 5.56 Å². The third kappa shape index (κ3) is 4.01. The van der Waals surface area contributed by atoms with Crippen LogP contribution in [0.3, 0.4) is 0 Å². The molecule has 0 atom stereocenters. The van der Waals surface area contributed by atoms with Crippen LogP contribution in [0.15, 0.2) is 36.5 Å². The summed E-state index contributed by atoms with van der Waals surface area (Å²) >= 11 is 0. The molecule has 2 heterocycles. The van der Waals surface area contributed by atoms with Crippen molar-refractivity contribution in [3.05, 3.63) is 53.3 Å². The van der Waals surface area contributed by atoms with E-state index < -0.39 is 7.25 Å². The third-order valence-electron chi connectivity index (χ3n) is 3.70. The predicted molar refractivity (Wildman–Crippen MR) is 84.8 cm³/mol. The first-order valence-corrected chi connectivity index (χ1v) is 7.56. The van der Waals surface area contributed by atoms with E-state index in [2.05, 4.69) is 45.8 Å². The van der Waals surface area contributed by atoms with Gasteiger partial charge in [0.15, 0.2) is 0 Å². The van der Waals surface area contributed by atoms with Crippen LogP contribution in [0.1, 0.15) is 23.2 Å². The van der Waals surface area contributed by atoms with Crippen molar-refractivity contribution in [3.63, 3.8) is 0 Å². The molecule has 1 aliphatic rings. The molecule has 3 aromatic rings. The monoisotopic (exact) mass is 351 g/mol. The molecule has 0 radical (unpaired) electrons. The van der Waals surface area contributed by atoms with Crippen LogP contribution in [0.2, 0.25) is 0 Å². The fraction of sp³-hybridized carbons (Fsp3) is 0.200. The van der Waals surface area contributed by atoms with Gasteiger partial charge in [-0.15, -0.1) is 9.67 Å². The molecule has 0 spiro atoms. The summed E-state index contributed by atoms with van der Waals surface area (Å²) in [6, 6.07) is 10.4. The number of benzene rings is 1. The van der Waals surface area contributed by atoms with Crippen molar-refractivity contribution in [1.82, 2.24) is 19.9 Å². The summed E-state index contributed by atoms with van der Waals surface area (Å²) in [5.41, 5.74) is 4.89. The third-order valence-corrected chi connectivity index (χ3v) is 3.70. The number of nitrogens with zero attached hydrogens (tertiary/aromatic N) is 5. The molecule has 0 fully saturated rings. The van der Waals surface area contributed by atoms with E-state index in [-0.39, 0.29) is 0 Å². The Hall–Kier alpha value is -2.78. The zero-order valence-electron chi connectivity index (χ0n) is 13.3. The Morgan fingerprint density at radius 1 is 1.12 bits per heavy atom. The number of allylic oxidation sites excluding steroid dienone is 1. The number of halogens is 4. The number of fused-ring (bicyclic) bond motifs is 3. The van der Waals surface area contributed by atoms with Gasteiger partial charge in [0.1, 0.15) is 10.9 Å². The molecular weight excluding hydrogens is 337 g/mol. The molecular formula is C15H14BF4N5. The molecule has 0 bridgehead atoms. The van der Waals surface area contributed by atoms with Crippen molar-refractivity contribution in [1.29, 1.82) is 0 Å². The first kappa shape index (κ1) is 17.1. The molecule has 2 aromatic heterocycles. The molecule has 1 aromatic carbocycles. The Bertz CT molecular complexity index is 915. The van der Waals surface area contributed by atoms with E-state index in [9.17, 15) is 17.3 Å². The number of aromatic nitrogens is 5. The minimum absolute atomic E-state index is 0.768. The molecule has 10 heteroatoms. The van der Waals surface area contributed by atoms with E-state index >= 15 is 0 Å². The topological polar surface area (TPSA) is 47.0 Å². The second kappa shape index (κ2) is 6.62. The quantitative estimate of drug-likeness (QED) is 0.385. The van der Waals surface area contributed by atoms with E-state index in [1.54, 1.807) is 4.68 Å². The summed E-state index contributed by atoms with van der Waals surface area (Å²) in [6.07, 6.45) is 6.21. The average molecular weight is 351 g/mol. The number of aryl methyl sites for hydroxylation is 2. The minimum atomic E-state index is -6.00. The van der Waals surface area contributed by atoms with E-state index in [1.165, 1.54) is 16.7 Å². The van der Waals surface area contributed by atoms with Gasteiger partial charge in [0.25, 0.3) is 0 Å². The SMILES string of the molecule is C[n+]1nnn2c3c(cnc21)CC/C3=C/c1ccccc1.F[B-](F)(F)F. The Morgan fingerprint density at radius 3 is 2.48 bits per heavy atom. The van der Waals surface area contributed by atoms with Crippen molar-refractivity contribution >= 4 is 24.7 Å². The first-order valence-electron chi connectivity index (χ1n) is 7.56. The van der Waals surface area contributed by atoms with E-state index in [4.69, 9.17) is 0 Å². The van der Waals surface area contributed by atoms with Gasteiger partial charge in [-0.05, 0) is 30.1 Å². The normalized spacial score (nSPS) is 15.2. The van der Waals surface area contributed by atoms with Crippen LogP contribution < -0.4 is 4.68 Å². The number of rotatable bonds is 1. The van der Waals surface area contributed by atoms with Crippen LogP contribution in [0.25, 0.3) is 17.4 Å². The molecule has 0 saturated carbocycles. The van der Waals surface area contributed by atoms with Gasteiger partial charge < -0.3 is 17.3 Å². The lowest BCUT2D eigenvalue weighted by atomic mass is 10.1. The highest BCUT2D eigenvalue weighted by molar-refractivity contribution is 6.50. The summed E-state index contributed by atoms with van der Waals surface area (Å²) in [5, 5.41) is 8.26. The molecule has 0 unspecified atom stereocenters. The highest BCUT2D eigenvalue weighted by Crippen LogP contribution is 2.32. The molecule has 0 amide bonds. The van der Waals surface area contributed by atoms with Crippen LogP contribution >= 0.6 is 0 Å². The van der Waals surface area contributed by atoms with Crippen LogP contribution in [0, 0.1) is 0 Å². The number of hydrogen-bond acceptors (Lipinski definition) is 3. The van der Waals surface area contributed by atoms with Crippen molar-refractivity contribution in [3.8, 4) is 0 Å². The average Bonchev–Trinajstić information content (AvgIpc) is 3.11. The van der Waals surface area contributed by atoms with Gasteiger partial charge in [-0.25, -0.2) is 0 Å². The van der Waals surface area contributed by atoms with Gasteiger partial charge >= 0.3 is 13.0 Å². The fourth-order valence-corrected chi connectivity index (χ4v) is 2.74. The molecule has 0 aliphatic heterocycles. The maximum Gasteiger partial charge on any atom is 0.673 e. The second-order valence-electron chi connectivity index (χ2n) is 5.52. The zero-order chi connectivity index (χ0) is 18.0. The van der Waals surface area contributed by atoms with E-state index in [1.807, 2.05) is 23.8 Å². The maximum atomic E-state index is 9.75. The molecule has 25 heavy (non-hydrogen) atoms. The van der Waals surface area contributed by atoms with Gasteiger partial charge in [0.05, 0.1) is 18.5 Å². The standard InChI is InChI=1S/C15H14N5.BF4/c1-19-15-16-10-13-8-7-12(14(13)20(15)18-17-19)9-11-5-3-2-4-6-11;2-1(3,4)5/h2-6,9-10H,7-8H2,1H3;/q+1;-1/b12-9-;. The summed E-state index contributed by atoms with van der Waals surface area (Å²) in [7, 11) is -4.14. The van der Waals surface area contributed by atoms with E-state index in [0.29, 0.717) is 0 Å². The van der Waals surface area contributed by atoms with Crippen LogP contribution in [0.4, 0.5) is 17.3 Å². The van der Waals surface area contributed by atoms with Crippen molar-refractivity contribution in [2.45, 2.75) is 12.8 Å². The van der Waals surface area contributed by atoms with E-state index in [0.717, 1.165) is 24.3 Å². The second-order valence-corrected chi connectivity index (χ2v) is 5.52. The van der Waals surface area contributed by atoms with Crippen LogP contribution in [-0.4, -0.2) is 27.2 Å². The lowest BCUT2D eigenvalue weighted by Gasteiger charge is -1.99. The molecule has 1 aliphatic carbocycles. The summed E-state index contributed by atoms with van der Waals surface area (Å²) in [4.78, 5) is 4.43. The minimum Gasteiger partial charge on any atom is -0.418 e. The summed E-state index contributed by atoms with van der Waals surface area (Å²) in [5.74, 6) is 0.768. The number of tetrazole rings is 1. The van der Waals surface area contributed by atoms with Gasteiger partial charge in [0.2, 0.25) is 0 Å². The first-order chi connectivity index (χ1) is 11.8. The van der Waals surface area contributed by atoms with Crippen molar-refractivity contribution in [2.75, 3.05) is 0 Å². The molecule has 5 nitrogen and oxygen atoms in total. The van der Waals surface area contributed by atoms with Crippen LogP contribution in [-0.2, 0) is 13.5 Å². The maximum absolute atomic E-state index is 9.75. The Labute approximate surface area is 140 Å². The number of hydrogen-bond donors (Lipinski definition) is 0. The van der Waals surface area contributed by atoms with Gasteiger partial charge in [-0.3, -0.25) is 0 Å². The summed E-state index contributed by atoms with van der Waals surface area (Å²) in [6.45, 7) is 0. The fourth-order valence-electron chi connectivity index (χ4n) is 2.74. The van der Waals surface area contributed by atoms with Gasteiger partial charge in [-0.1, -0.05) is 34.8 Å². The molecule has 4 rings (SSSR count). The highest BCUT2D eigenvalue weighted by Gasteiger charge is 2.27. The predicted octanol–water partition coefficient (Wildman–Crippen LogP) is 2.74. The van der Waals surface area contributed by atoms with Crippen molar-refractivity contribution < 1.29 is 21.9 Å². The Balaban J connectivity index is 0.000000324. The zero-order valence-corrected chi connectivity index (χ0v) is 13.3. The Morgan fingerprint density at radius 2 is 1.80 bits per heavy atom. The Kier molecular flexibility index (Phi) is 4.52. The van der Waals surface area contributed by atoms with Gasteiger partial charge in [-0.2, -0.15) is 0 Å². The smallest absolute Gasteiger partial charge is 0.418 e. The lowest BCUT2D eigenvalue weighted by Crippen LogP contribution is -2.31. The molecule has 0 N–H and O–H groups in total. The largest absolute Gasteiger partial charge is 0.673 e. The lowest BCUT2D eigenvalue weighted by molar-refractivity contribution is -0.709. The van der Waals surface area contributed by atoms with Crippen LogP contribution in [0.5, 0.6) is 0 Å². The highest BCUT2D eigenvalue weighted by atomic mass is 19.5.